The van der Waals surface area contributed by atoms with Crippen molar-refractivity contribution >= 4 is 45.3 Å². The van der Waals surface area contributed by atoms with Crippen molar-refractivity contribution in [2.24, 2.45) is 0 Å². The number of anilines is 1. The van der Waals surface area contributed by atoms with Crippen LogP contribution in [-0.2, 0) is 6.61 Å². The van der Waals surface area contributed by atoms with Gasteiger partial charge in [-0.2, -0.15) is 0 Å². The lowest BCUT2D eigenvalue weighted by Gasteiger charge is -2.14. The predicted octanol–water partition coefficient (Wildman–Crippen LogP) is 5.76. The molecule has 0 aliphatic heterocycles. The van der Waals surface area contributed by atoms with E-state index in [4.69, 9.17) is 28.6 Å². The smallest absolute Gasteiger partial charge is 0.131 e. The Morgan fingerprint density at radius 2 is 2.12 bits per heavy atom. The molecule has 6 heteroatoms. The van der Waals surface area contributed by atoms with E-state index < -0.39 is 5.82 Å². The van der Waals surface area contributed by atoms with Crippen LogP contribution in [0.1, 0.15) is 18.9 Å². The van der Waals surface area contributed by atoms with E-state index >= 15 is 0 Å². The fourth-order valence-electron chi connectivity index (χ4n) is 2.43. The van der Waals surface area contributed by atoms with E-state index in [1.165, 1.54) is 6.07 Å². The lowest BCUT2D eigenvalue weighted by atomic mass is 10.1. The number of fused-ring (bicyclic) bond motifs is 1. The molecule has 3 nitrogen and oxygen atoms in total. The molecule has 0 fully saturated rings. The van der Waals surface area contributed by atoms with Crippen LogP contribution in [0.4, 0.5) is 10.1 Å². The molecule has 3 rings (SSSR count). The first-order valence-corrected chi connectivity index (χ1v) is 8.61. The van der Waals surface area contributed by atoms with Crippen molar-refractivity contribution in [2.45, 2.75) is 20.0 Å². The summed E-state index contributed by atoms with van der Waals surface area (Å²) >= 11 is 11.5. The first-order valence-electron chi connectivity index (χ1n) is 7.82. The van der Waals surface area contributed by atoms with Gasteiger partial charge in [0.05, 0.1) is 15.7 Å². The number of rotatable bonds is 5. The quantitative estimate of drug-likeness (QED) is 0.576. The highest BCUT2D eigenvalue weighted by molar-refractivity contribution is 7.80. The lowest BCUT2D eigenvalue weighted by molar-refractivity contribution is 0.303. The van der Waals surface area contributed by atoms with Crippen molar-refractivity contribution in [3.05, 3.63) is 65.2 Å². The van der Waals surface area contributed by atoms with Gasteiger partial charge in [0.2, 0.25) is 0 Å². The number of halogens is 2. The van der Waals surface area contributed by atoms with Gasteiger partial charge in [0, 0.05) is 28.7 Å². The largest absolute Gasteiger partial charge is 0.488 e. The minimum absolute atomic E-state index is 0.0144. The third kappa shape index (κ3) is 3.89. The zero-order valence-corrected chi connectivity index (χ0v) is 15.1. The van der Waals surface area contributed by atoms with Crippen LogP contribution in [-0.4, -0.2) is 9.97 Å². The van der Waals surface area contributed by atoms with E-state index in [-0.39, 0.29) is 17.2 Å². The molecule has 0 unspecified atom stereocenters. The minimum Gasteiger partial charge on any atom is -0.488 e. The Bertz CT molecular complexity index is 927. The van der Waals surface area contributed by atoms with E-state index in [1.807, 2.05) is 31.2 Å². The van der Waals surface area contributed by atoms with E-state index in [0.717, 1.165) is 10.8 Å². The molecule has 0 radical (unpaired) electrons. The lowest BCUT2D eigenvalue weighted by Crippen LogP contribution is -2.09. The Labute approximate surface area is 155 Å². The van der Waals surface area contributed by atoms with Crippen LogP contribution >= 0.6 is 23.8 Å². The SMILES string of the molecule is CCC(=S)Nc1ccc(F)c(COc2cccc3cnccc23)c1Cl. The Morgan fingerprint density at radius 3 is 2.92 bits per heavy atom. The average molecular weight is 375 g/mol. The maximum atomic E-state index is 14.2. The first kappa shape index (κ1) is 17.6. The number of hydrogen-bond acceptors (Lipinski definition) is 3. The Balaban J connectivity index is 1.87. The maximum absolute atomic E-state index is 14.2. The molecule has 0 aliphatic rings. The van der Waals surface area contributed by atoms with Crippen LogP contribution in [0, 0.1) is 5.82 Å². The van der Waals surface area contributed by atoms with Crippen LogP contribution in [0.25, 0.3) is 10.8 Å². The highest BCUT2D eigenvalue weighted by Gasteiger charge is 2.14. The van der Waals surface area contributed by atoms with Gasteiger partial charge in [-0.3, -0.25) is 4.98 Å². The van der Waals surface area contributed by atoms with Gasteiger partial charge in [-0.1, -0.05) is 42.9 Å². The number of aromatic nitrogens is 1. The molecule has 0 saturated carbocycles. The molecule has 0 atom stereocenters. The summed E-state index contributed by atoms with van der Waals surface area (Å²) < 4.78 is 20.1. The summed E-state index contributed by atoms with van der Waals surface area (Å²) in [5.41, 5.74) is 0.868. The second-order valence-electron chi connectivity index (χ2n) is 5.43. The second kappa shape index (κ2) is 7.76. The number of thiocarbonyl (C=S) groups is 1. The molecule has 2 aromatic carbocycles. The molecule has 0 saturated heterocycles. The fraction of sp³-hybridized carbons (Fsp3) is 0.158. The Kier molecular flexibility index (Phi) is 5.46. The van der Waals surface area contributed by atoms with Crippen LogP contribution in [0.5, 0.6) is 5.75 Å². The van der Waals surface area contributed by atoms with Crippen molar-refractivity contribution < 1.29 is 9.13 Å². The van der Waals surface area contributed by atoms with Gasteiger partial charge in [-0.15, -0.1) is 0 Å². The summed E-state index contributed by atoms with van der Waals surface area (Å²) in [6.45, 7) is 1.95. The van der Waals surface area contributed by atoms with Gasteiger partial charge < -0.3 is 10.1 Å². The molecule has 128 valence electrons. The molecule has 1 aromatic heterocycles. The highest BCUT2D eigenvalue weighted by atomic mass is 35.5. The van der Waals surface area contributed by atoms with Crippen LogP contribution in [0.2, 0.25) is 5.02 Å². The summed E-state index contributed by atoms with van der Waals surface area (Å²) in [5, 5.41) is 5.17. The number of nitrogens with zero attached hydrogens (tertiary/aromatic N) is 1. The zero-order chi connectivity index (χ0) is 17.8. The zero-order valence-electron chi connectivity index (χ0n) is 13.6. The first-order chi connectivity index (χ1) is 12.1. The van der Waals surface area contributed by atoms with Gasteiger partial charge in [-0.25, -0.2) is 4.39 Å². The van der Waals surface area contributed by atoms with Crippen LogP contribution in [0.15, 0.2) is 48.8 Å². The van der Waals surface area contributed by atoms with Gasteiger partial charge in [-0.05, 0) is 30.7 Å². The van der Waals surface area contributed by atoms with Gasteiger partial charge in [0.1, 0.15) is 18.2 Å². The Morgan fingerprint density at radius 1 is 1.28 bits per heavy atom. The van der Waals surface area contributed by atoms with Crippen molar-refractivity contribution in [2.75, 3.05) is 5.32 Å². The Hall–Kier alpha value is -2.24. The van der Waals surface area contributed by atoms with E-state index in [2.05, 4.69) is 10.3 Å². The van der Waals surface area contributed by atoms with Crippen LogP contribution in [0.3, 0.4) is 0 Å². The molecular weight excluding hydrogens is 359 g/mol. The summed E-state index contributed by atoms with van der Waals surface area (Å²) in [7, 11) is 0. The molecule has 0 spiro atoms. The topological polar surface area (TPSA) is 34.1 Å². The standard InChI is InChI=1S/C19H16ClFN2OS/c1-2-18(25)23-16-7-6-15(21)14(19(16)20)11-24-17-5-3-4-12-10-22-9-8-13(12)17/h3-10H,2,11H2,1H3,(H,23,25). The van der Waals surface area contributed by atoms with Crippen molar-refractivity contribution in [1.29, 1.82) is 0 Å². The normalized spacial score (nSPS) is 10.7. The molecule has 1 N–H and O–H groups in total. The third-order valence-electron chi connectivity index (χ3n) is 3.79. The second-order valence-corrected chi connectivity index (χ2v) is 6.30. The van der Waals surface area contributed by atoms with E-state index in [9.17, 15) is 4.39 Å². The summed E-state index contributed by atoms with van der Waals surface area (Å²) in [6, 6.07) is 10.4. The molecule has 0 bridgehead atoms. The number of ether oxygens (including phenoxy) is 1. The maximum Gasteiger partial charge on any atom is 0.131 e. The highest BCUT2D eigenvalue weighted by Crippen LogP contribution is 2.31. The van der Waals surface area contributed by atoms with Gasteiger partial charge in [0.25, 0.3) is 0 Å². The van der Waals surface area contributed by atoms with E-state index in [0.29, 0.717) is 22.8 Å². The predicted molar refractivity (Wildman–Crippen MR) is 104 cm³/mol. The van der Waals surface area contributed by atoms with Gasteiger partial charge >= 0.3 is 0 Å². The van der Waals surface area contributed by atoms with E-state index in [1.54, 1.807) is 18.5 Å². The average Bonchev–Trinajstić information content (AvgIpc) is 2.64. The van der Waals surface area contributed by atoms with Crippen molar-refractivity contribution in [3.8, 4) is 5.75 Å². The minimum atomic E-state index is -0.417. The number of nitrogens with one attached hydrogen (secondary N) is 1. The summed E-state index contributed by atoms with van der Waals surface area (Å²) in [6.07, 6.45) is 4.13. The number of benzene rings is 2. The number of pyridine rings is 1. The molecule has 1 heterocycles. The molecule has 3 aromatic rings. The third-order valence-corrected chi connectivity index (χ3v) is 4.62. The molecule has 25 heavy (non-hydrogen) atoms. The number of hydrogen-bond donors (Lipinski definition) is 1. The molecular formula is C19H16ClFN2OS. The van der Waals surface area contributed by atoms with Gasteiger partial charge in [0.15, 0.2) is 0 Å². The van der Waals surface area contributed by atoms with Crippen molar-refractivity contribution in [1.82, 2.24) is 4.98 Å². The summed E-state index contributed by atoms with van der Waals surface area (Å²) in [5.74, 6) is 0.234. The summed E-state index contributed by atoms with van der Waals surface area (Å²) in [4.78, 5) is 4.73. The molecule has 0 amide bonds. The molecule has 0 aliphatic carbocycles. The fourth-order valence-corrected chi connectivity index (χ4v) is 2.80. The monoisotopic (exact) mass is 374 g/mol. The van der Waals surface area contributed by atoms with Crippen LogP contribution < -0.4 is 10.1 Å². The van der Waals surface area contributed by atoms with Crippen molar-refractivity contribution in [3.63, 3.8) is 0 Å².